The zero-order chi connectivity index (χ0) is 5.70. The second kappa shape index (κ2) is 8.02. The molecule has 0 aliphatic carbocycles. The molecule has 0 bridgehead atoms. The van der Waals surface area contributed by atoms with Crippen LogP contribution in [0.25, 0.3) is 0 Å². The van der Waals surface area contributed by atoms with E-state index >= 15 is 0 Å². The molecule has 2 nitrogen and oxygen atoms in total. The van der Waals surface area contributed by atoms with Crippen LogP contribution >= 0.6 is 0 Å². The van der Waals surface area contributed by atoms with Crippen LogP contribution in [-0.4, -0.2) is 12.6 Å². The van der Waals surface area contributed by atoms with Crippen molar-refractivity contribution in [3.8, 4) is 0 Å². The monoisotopic (exact) mass is 184 g/mol. The minimum atomic E-state index is -0.484. The van der Waals surface area contributed by atoms with Gasteiger partial charge in [0.1, 0.15) is 5.97 Å². The topological polar surface area (TPSA) is 26.3 Å². The summed E-state index contributed by atoms with van der Waals surface area (Å²) >= 11 is 0. The van der Waals surface area contributed by atoms with Crippen LogP contribution in [0.15, 0.2) is 6.58 Å². The maximum absolute atomic E-state index is 10.0. The van der Waals surface area contributed by atoms with Crippen LogP contribution in [0.3, 0.4) is 0 Å². The van der Waals surface area contributed by atoms with E-state index in [1.54, 1.807) is 6.92 Å². The average molecular weight is 185 g/mol. The summed E-state index contributed by atoms with van der Waals surface area (Å²) in [5.41, 5.74) is 0. The van der Waals surface area contributed by atoms with Crippen molar-refractivity contribution in [2.45, 2.75) is 6.92 Å². The van der Waals surface area contributed by atoms with Crippen molar-refractivity contribution in [2.75, 3.05) is 6.61 Å². The van der Waals surface area contributed by atoms with Gasteiger partial charge in [0.25, 0.3) is 0 Å². The molecule has 0 atom stereocenters. The van der Waals surface area contributed by atoms with Crippen molar-refractivity contribution in [2.24, 2.45) is 0 Å². The van der Waals surface area contributed by atoms with Crippen LogP contribution in [0.1, 0.15) is 6.92 Å². The Morgan fingerprint density at radius 1 is 1.88 bits per heavy atom. The van der Waals surface area contributed by atoms with Gasteiger partial charge in [-0.15, -0.1) is 0 Å². The molecular weight excluding hydrogens is 178 g/mol. The molecule has 0 aromatic rings. The molecule has 0 aromatic heterocycles. The molecule has 0 heterocycles. The van der Waals surface area contributed by atoms with Gasteiger partial charge in [-0.1, -0.05) is 0 Å². The smallest absolute Gasteiger partial charge is 0.490 e. The minimum Gasteiger partial charge on any atom is -0.490 e. The van der Waals surface area contributed by atoms with Gasteiger partial charge in [0.15, 0.2) is 0 Å². The van der Waals surface area contributed by atoms with Gasteiger partial charge in [-0.25, -0.2) is 0 Å². The third-order valence-corrected chi connectivity index (χ3v) is 0.420. The Labute approximate surface area is 98.1 Å². The van der Waals surface area contributed by atoms with Gasteiger partial charge >= 0.3 is 58.2 Å². The molecule has 0 saturated heterocycles. The fourth-order valence-corrected chi connectivity index (χ4v) is 0.182. The first-order valence-electron chi connectivity index (χ1n) is 2.01. The Hall–Kier alpha value is 1.02. The number of esters is 1. The van der Waals surface area contributed by atoms with E-state index in [2.05, 4.69) is 17.4 Å². The second-order valence-electron chi connectivity index (χ2n) is 0.897. The molecule has 0 unspecified atom stereocenters. The van der Waals surface area contributed by atoms with E-state index in [0.29, 0.717) is 6.61 Å². The normalized spacial score (nSPS) is 6.62. The summed E-state index contributed by atoms with van der Waals surface area (Å²) < 4.78 is 4.38. The summed E-state index contributed by atoms with van der Waals surface area (Å²) in [4.78, 5) is 10.0. The van der Waals surface area contributed by atoms with Crippen LogP contribution in [-0.2, 0) is 9.53 Å². The van der Waals surface area contributed by atoms with Crippen LogP contribution in [0, 0.1) is 6.08 Å². The van der Waals surface area contributed by atoms with Crippen LogP contribution in [0.4, 0.5) is 0 Å². The first-order valence-corrected chi connectivity index (χ1v) is 2.01. The third kappa shape index (κ3) is 7.02. The fourth-order valence-electron chi connectivity index (χ4n) is 0.182. The van der Waals surface area contributed by atoms with Gasteiger partial charge in [0, 0.05) is 0 Å². The average Bonchev–Trinajstić information content (AvgIpc) is 1.68. The Balaban J connectivity index is 0. The van der Waals surface area contributed by atoms with E-state index in [0.717, 1.165) is 0 Å². The SMILES string of the molecule is C=[C-]C(=O)OCC.[Rb+]. The maximum atomic E-state index is 10.0. The Morgan fingerprint density at radius 3 is 2.50 bits per heavy atom. The maximum Gasteiger partial charge on any atom is 1.00 e. The molecule has 0 radical (unpaired) electrons. The molecule has 0 amide bonds. The minimum absolute atomic E-state index is 0. The second-order valence-corrected chi connectivity index (χ2v) is 0.897. The molecule has 40 valence electrons. The van der Waals surface area contributed by atoms with E-state index in [9.17, 15) is 4.79 Å². The third-order valence-electron chi connectivity index (χ3n) is 0.420. The predicted octanol–water partition coefficient (Wildman–Crippen LogP) is -2.46. The zero-order valence-electron chi connectivity index (χ0n) is 5.23. The molecule has 0 fully saturated rings. The van der Waals surface area contributed by atoms with Crippen molar-refractivity contribution in [1.82, 2.24) is 0 Å². The fraction of sp³-hybridized carbons (Fsp3) is 0.400. The number of hydrogen-bond donors (Lipinski definition) is 0. The van der Waals surface area contributed by atoms with Gasteiger partial charge in [-0.2, -0.15) is 0 Å². The van der Waals surface area contributed by atoms with Crippen LogP contribution in [0.5, 0.6) is 0 Å². The first kappa shape index (κ1) is 11.8. The number of carbonyl (C=O) groups excluding carboxylic acids is 1. The molecule has 0 aliphatic heterocycles. The molecule has 0 N–H and O–H groups in total. The number of hydrogen-bond acceptors (Lipinski definition) is 2. The van der Waals surface area contributed by atoms with E-state index < -0.39 is 5.97 Å². The quantitative estimate of drug-likeness (QED) is 0.271. The summed E-state index contributed by atoms with van der Waals surface area (Å²) in [5, 5.41) is 0. The molecule has 8 heavy (non-hydrogen) atoms. The summed E-state index contributed by atoms with van der Waals surface area (Å²) in [7, 11) is 0. The Kier molecular flexibility index (Phi) is 11.8. The summed E-state index contributed by atoms with van der Waals surface area (Å²) in [6.45, 7) is 5.20. The molecule has 0 spiro atoms. The van der Waals surface area contributed by atoms with Crippen molar-refractivity contribution >= 4 is 5.97 Å². The summed E-state index contributed by atoms with van der Waals surface area (Å²) in [5.74, 6) is -0.484. The van der Waals surface area contributed by atoms with E-state index in [4.69, 9.17) is 0 Å². The van der Waals surface area contributed by atoms with E-state index in [1.165, 1.54) is 0 Å². The molecule has 3 heteroatoms. The first-order chi connectivity index (χ1) is 3.31. The van der Waals surface area contributed by atoms with Crippen molar-refractivity contribution in [3.05, 3.63) is 12.7 Å². The van der Waals surface area contributed by atoms with Gasteiger partial charge < -0.3 is 10.8 Å². The Morgan fingerprint density at radius 2 is 2.38 bits per heavy atom. The molecule has 0 saturated carbocycles. The largest absolute Gasteiger partial charge is 1.00 e. The zero-order valence-corrected chi connectivity index (χ0v) is 10.1. The molecule has 0 aliphatic rings. The number of carbonyl (C=O) groups is 1. The van der Waals surface area contributed by atoms with Gasteiger partial charge in [0.2, 0.25) is 0 Å². The van der Waals surface area contributed by atoms with Crippen molar-refractivity contribution in [1.29, 1.82) is 0 Å². The summed E-state index contributed by atoms with van der Waals surface area (Å²) in [6.07, 6.45) is 2.05. The van der Waals surface area contributed by atoms with Crippen molar-refractivity contribution < 1.29 is 67.7 Å². The number of rotatable bonds is 2. The van der Waals surface area contributed by atoms with Gasteiger partial charge in [-0.3, -0.25) is 11.4 Å². The van der Waals surface area contributed by atoms with Crippen LogP contribution in [0.2, 0.25) is 0 Å². The Bertz CT molecular complexity index is 80.5. The molecular formula is C5H7O2Rb. The summed E-state index contributed by atoms with van der Waals surface area (Å²) in [6, 6.07) is 0. The van der Waals surface area contributed by atoms with E-state index in [1.807, 2.05) is 0 Å². The van der Waals surface area contributed by atoms with Gasteiger partial charge in [-0.05, 0) is 6.92 Å². The van der Waals surface area contributed by atoms with E-state index in [-0.39, 0.29) is 58.2 Å². The standard InChI is InChI=1S/C5H7O2.Rb/c1-3-5(6)7-4-2;/h1,4H2,2H3;/q-1;+1. The molecule has 0 rings (SSSR count). The molecule has 0 aromatic carbocycles. The van der Waals surface area contributed by atoms with Gasteiger partial charge in [0.05, 0.1) is 6.61 Å². The van der Waals surface area contributed by atoms with Crippen LogP contribution < -0.4 is 58.2 Å². The number of ether oxygens (including phenoxy) is 1. The van der Waals surface area contributed by atoms with Crippen molar-refractivity contribution in [3.63, 3.8) is 0 Å². The predicted molar refractivity (Wildman–Crippen MR) is 25.5 cm³/mol.